The molecule has 2 aromatic carbocycles. The van der Waals surface area contributed by atoms with Crippen LogP contribution in [0.5, 0.6) is 5.75 Å². The molecule has 0 saturated carbocycles. The number of hydrogen-bond acceptors (Lipinski definition) is 7. The summed E-state index contributed by atoms with van der Waals surface area (Å²) in [5.74, 6) is 1.51. The van der Waals surface area contributed by atoms with Gasteiger partial charge < -0.3 is 19.0 Å². The Kier molecular flexibility index (Phi) is 6.44. The molecule has 156 valence electrons. The van der Waals surface area contributed by atoms with Gasteiger partial charge in [0.1, 0.15) is 5.75 Å². The average Bonchev–Trinajstić information content (AvgIpc) is 3.27. The van der Waals surface area contributed by atoms with Crippen molar-refractivity contribution in [3.8, 4) is 17.2 Å². The highest BCUT2D eigenvalue weighted by molar-refractivity contribution is 7.99. The van der Waals surface area contributed by atoms with Crippen LogP contribution in [0.15, 0.2) is 58.2 Å². The molecule has 1 fully saturated rings. The molecule has 30 heavy (non-hydrogen) atoms. The van der Waals surface area contributed by atoms with Crippen molar-refractivity contribution >= 4 is 35.0 Å². The van der Waals surface area contributed by atoms with Crippen LogP contribution in [0.3, 0.4) is 0 Å². The lowest BCUT2D eigenvalue weighted by Gasteiger charge is -2.36. The van der Waals surface area contributed by atoms with E-state index in [1.807, 2.05) is 47.4 Å². The SMILES string of the molecule is COc1ccc(N2CCN(C(=O)CSc3nnc(-c4ccccc4Cl)o3)CC2)cc1. The van der Waals surface area contributed by atoms with Crippen molar-refractivity contribution in [3.63, 3.8) is 0 Å². The quantitative estimate of drug-likeness (QED) is 0.535. The lowest BCUT2D eigenvalue weighted by Crippen LogP contribution is -2.49. The van der Waals surface area contributed by atoms with Crippen LogP contribution in [-0.4, -0.2) is 60.0 Å². The summed E-state index contributed by atoms with van der Waals surface area (Å²) in [6.45, 7) is 2.94. The van der Waals surface area contributed by atoms with E-state index in [0.29, 0.717) is 34.8 Å². The number of rotatable bonds is 6. The van der Waals surface area contributed by atoms with Gasteiger partial charge in [-0.05, 0) is 36.4 Å². The zero-order valence-corrected chi connectivity index (χ0v) is 18.0. The highest BCUT2D eigenvalue weighted by atomic mass is 35.5. The summed E-state index contributed by atoms with van der Waals surface area (Å²) in [6, 6.07) is 15.3. The van der Waals surface area contributed by atoms with Crippen LogP contribution in [0.1, 0.15) is 0 Å². The Bertz CT molecular complexity index is 1000. The van der Waals surface area contributed by atoms with Crippen LogP contribution in [-0.2, 0) is 4.79 Å². The molecule has 1 aromatic heterocycles. The fourth-order valence-corrected chi connectivity index (χ4v) is 4.12. The van der Waals surface area contributed by atoms with Crippen molar-refractivity contribution in [2.24, 2.45) is 0 Å². The number of hydrogen-bond donors (Lipinski definition) is 0. The Hall–Kier alpha value is -2.71. The normalized spacial score (nSPS) is 14.1. The molecule has 1 amide bonds. The van der Waals surface area contributed by atoms with Crippen molar-refractivity contribution in [2.45, 2.75) is 5.22 Å². The van der Waals surface area contributed by atoms with E-state index >= 15 is 0 Å². The van der Waals surface area contributed by atoms with E-state index in [1.54, 1.807) is 13.2 Å². The molecule has 0 spiro atoms. The van der Waals surface area contributed by atoms with Crippen LogP contribution in [0, 0.1) is 0 Å². The largest absolute Gasteiger partial charge is 0.497 e. The number of carbonyl (C=O) groups is 1. The van der Waals surface area contributed by atoms with Crippen LogP contribution in [0.2, 0.25) is 5.02 Å². The molecule has 1 aliphatic rings. The molecule has 0 bridgehead atoms. The molecule has 0 aliphatic carbocycles. The minimum atomic E-state index is 0.0619. The maximum atomic E-state index is 12.6. The molecule has 0 unspecified atom stereocenters. The molecule has 7 nitrogen and oxygen atoms in total. The predicted octanol–water partition coefficient (Wildman–Crippen LogP) is 3.84. The average molecular weight is 445 g/mol. The zero-order valence-electron chi connectivity index (χ0n) is 16.5. The number of thioether (sulfide) groups is 1. The first kappa shape index (κ1) is 20.6. The molecule has 1 saturated heterocycles. The zero-order chi connectivity index (χ0) is 20.9. The molecule has 0 radical (unpaired) electrons. The molecule has 9 heteroatoms. The number of benzene rings is 2. The van der Waals surface area contributed by atoms with E-state index in [-0.39, 0.29) is 11.7 Å². The fraction of sp³-hybridized carbons (Fsp3) is 0.286. The summed E-state index contributed by atoms with van der Waals surface area (Å²) in [4.78, 5) is 16.7. The number of methoxy groups -OCH3 is 1. The topological polar surface area (TPSA) is 71.7 Å². The van der Waals surface area contributed by atoms with E-state index in [2.05, 4.69) is 15.1 Å². The number of carbonyl (C=O) groups excluding carboxylic acids is 1. The van der Waals surface area contributed by atoms with Crippen molar-refractivity contribution in [2.75, 3.05) is 43.9 Å². The molecular formula is C21H21ClN4O3S. The van der Waals surface area contributed by atoms with Crippen LogP contribution in [0.4, 0.5) is 5.69 Å². The maximum Gasteiger partial charge on any atom is 0.277 e. The maximum absolute atomic E-state index is 12.6. The van der Waals surface area contributed by atoms with E-state index in [4.69, 9.17) is 20.8 Å². The van der Waals surface area contributed by atoms with Gasteiger partial charge in [-0.15, -0.1) is 10.2 Å². The van der Waals surface area contributed by atoms with Gasteiger partial charge >= 0.3 is 0 Å². The smallest absolute Gasteiger partial charge is 0.277 e. The lowest BCUT2D eigenvalue weighted by molar-refractivity contribution is -0.128. The number of amides is 1. The fourth-order valence-electron chi connectivity index (χ4n) is 3.23. The van der Waals surface area contributed by atoms with Gasteiger partial charge in [-0.2, -0.15) is 0 Å². The van der Waals surface area contributed by atoms with Gasteiger partial charge in [-0.1, -0.05) is 35.5 Å². The van der Waals surface area contributed by atoms with Gasteiger partial charge in [0.05, 0.1) is 23.4 Å². The summed E-state index contributed by atoms with van der Waals surface area (Å²) >= 11 is 7.41. The Balaban J connectivity index is 1.28. The highest BCUT2D eigenvalue weighted by Gasteiger charge is 2.22. The van der Waals surface area contributed by atoms with Crippen molar-refractivity contribution < 1.29 is 13.9 Å². The van der Waals surface area contributed by atoms with E-state index in [1.165, 1.54) is 11.8 Å². The van der Waals surface area contributed by atoms with E-state index < -0.39 is 0 Å². The standard InChI is InChI=1S/C21H21ClN4O3S/c1-28-16-8-6-15(7-9-16)25-10-12-26(13-11-25)19(27)14-30-21-24-23-20(29-21)17-4-2-3-5-18(17)22/h2-9H,10-14H2,1H3. The highest BCUT2D eigenvalue weighted by Crippen LogP contribution is 2.29. The number of ether oxygens (including phenoxy) is 1. The molecular weight excluding hydrogens is 424 g/mol. The predicted molar refractivity (Wildman–Crippen MR) is 117 cm³/mol. The number of piperazine rings is 1. The van der Waals surface area contributed by atoms with Crippen molar-refractivity contribution in [3.05, 3.63) is 53.6 Å². The second-order valence-electron chi connectivity index (χ2n) is 6.71. The van der Waals surface area contributed by atoms with Gasteiger partial charge in [0.2, 0.25) is 11.8 Å². The Morgan fingerprint density at radius 2 is 1.83 bits per heavy atom. The first-order chi connectivity index (χ1) is 14.6. The summed E-state index contributed by atoms with van der Waals surface area (Å²) in [6.07, 6.45) is 0. The van der Waals surface area contributed by atoms with Gasteiger partial charge in [-0.3, -0.25) is 4.79 Å². The summed E-state index contributed by atoms with van der Waals surface area (Å²) in [5, 5.41) is 8.95. The van der Waals surface area contributed by atoms with Gasteiger partial charge in [0.15, 0.2) is 0 Å². The van der Waals surface area contributed by atoms with Crippen LogP contribution in [0.25, 0.3) is 11.5 Å². The molecule has 2 heterocycles. The van der Waals surface area contributed by atoms with Gasteiger partial charge in [0.25, 0.3) is 5.22 Å². The summed E-state index contributed by atoms with van der Waals surface area (Å²) in [7, 11) is 1.66. The number of nitrogens with zero attached hydrogens (tertiary/aromatic N) is 4. The summed E-state index contributed by atoms with van der Waals surface area (Å²) in [5.41, 5.74) is 1.81. The number of anilines is 1. The number of halogens is 1. The minimum absolute atomic E-state index is 0.0619. The second-order valence-corrected chi connectivity index (χ2v) is 8.04. The molecule has 3 aromatic rings. The van der Waals surface area contributed by atoms with Gasteiger partial charge in [-0.25, -0.2) is 0 Å². The lowest BCUT2D eigenvalue weighted by atomic mass is 10.2. The third-order valence-electron chi connectivity index (χ3n) is 4.90. The Morgan fingerprint density at radius 3 is 2.53 bits per heavy atom. The molecule has 1 aliphatic heterocycles. The van der Waals surface area contributed by atoms with Crippen molar-refractivity contribution in [1.82, 2.24) is 15.1 Å². The molecule has 4 rings (SSSR count). The van der Waals surface area contributed by atoms with E-state index in [0.717, 1.165) is 24.5 Å². The Morgan fingerprint density at radius 1 is 1.10 bits per heavy atom. The van der Waals surface area contributed by atoms with E-state index in [9.17, 15) is 4.79 Å². The molecule has 0 atom stereocenters. The van der Waals surface area contributed by atoms with Crippen LogP contribution < -0.4 is 9.64 Å². The number of aromatic nitrogens is 2. The monoisotopic (exact) mass is 444 g/mol. The van der Waals surface area contributed by atoms with Crippen molar-refractivity contribution in [1.29, 1.82) is 0 Å². The second kappa shape index (κ2) is 9.40. The summed E-state index contributed by atoms with van der Waals surface area (Å²) < 4.78 is 10.9. The molecule has 0 N–H and O–H groups in total. The minimum Gasteiger partial charge on any atom is -0.497 e. The first-order valence-corrected chi connectivity index (χ1v) is 10.9. The van der Waals surface area contributed by atoms with Crippen LogP contribution >= 0.6 is 23.4 Å². The Labute approximate surface area is 184 Å². The third-order valence-corrected chi connectivity index (χ3v) is 6.03. The third kappa shape index (κ3) is 4.71. The van der Waals surface area contributed by atoms with Gasteiger partial charge in [0, 0.05) is 31.9 Å². The first-order valence-electron chi connectivity index (χ1n) is 9.52.